The highest BCUT2D eigenvalue weighted by Crippen LogP contribution is 2.19. The molecule has 1 heterocycles. The number of benzene rings is 1. The minimum Gasteiger partial charge on any atom is -0.360 e. The fourth-order valence-corrected chi connectivity index (χ4v) is 2.20. The van der Waals surface area contributed by atoms with Gasteiger partial charge in [-0.15, -0.1) is 0 Å². The van der Waals surface area contributed by atoms with Crippen LogP contribution in [-0.2, 0) is 6.42 Å². The van der Waals surface area contributed by atoms with Crippen molar-refractivity contribution in [2.24, 2.45) is 0 Å². The number of H-pyrrole nitrogens is 1. The lowest BCUT2D eigenvalue weighted by molar-refractivity contribution is 0.112. The first kappa shape index (κ1) is 11.9. The number of aromatic amines is 1. The molecule has 0 spiro atoms. The number of nitrogens with one attached hydrogen (secondary N) is 1. The Morgan fingerprint density at radius 3 is 2.88 bits per heavy atom. The number of unbranched alkanes of at least 4 members (excludes halogenated alkanes) is 3. The molecular weight excluding hydrogens is 210 g/mol. The number of hydrogen-bond acceptors (Lipinski definition) is 1. The summed E-state index contributed by atoms with van der Waals surface area (Å²) in [5.41, 5.74) is 3.17. The molecule has 0 amide bonds. The predicted molar refractivity (Wildman–Crippen MR) is 71.5 cm³/mol. The topological polar surface area (TPSA) is 32.9 Å². The summed E-state index contributed by atoms with van der Waals surface area (Å²) in [4.78, 5) is 13.9. The van der Waals surface area contributed by atoms with Crippen LogP contribution < -0.4 is 0 Å². The standard InChI is InChI=1S/C15H19NO/c1-2-3-4-5-6-12-7-8-14-13(11-17)10-16-15(14)9-12/h7-11,16H,2-6H2,1H3. The van der Waals surface area contributed by atoms with Gasteiger partial charge in [0.05, 0.1) is 0 Å². The van der Waals surface area contributed by atoms with Gasteiger partial charge in [-0.05, 0) is 24.5 Å². The van der Waals surface area contributed by atoms with E-state index < -0.39 is 0 Å². The average Bonchev–Trinajstić information content (AvgIpc) is 2.77. The Morgan fingerprint density at radius 2 is 2.12 bits per heavy atom. The molecular formula is C15H19NO. The van der Waals surface area contributed by atoms with Gasteiger partial charge in [0.25, 0.3) is 0 Å². The molecule has 17 heavy (non-hydrogen) atoms. The van der Waals surface area contributed by atoms with Crippen molar-refractivity contribution in [1.82, 2.24) is 4.98 Å². The highest BCUT2D eigenvalue weighted by molar-refractivity contribution is 5.97. The van der Waals surface area contributed by atoms with E-state index in [1.165, 1.54) is 31.2 Å². The largest absolute Gasteiger partial charge is 0.360 e. The van der Waals surface area contributed by atoms with E-state index in [4.69, 9.17) is 0 Å². The molecule has 2 heteroatoms. The second-order valence-electron chi connectivity index (χ2n) is 4.55. The third kappa shape index (κ3) is 2.76. The van der Waals surface area contributed by atoms with Gasteiger partial charge in [-0.2, -0.15) is 0 Å². The Morgan fingerprint density at radius 1 is 1.24 bits per heavy atom. The van der Waals surface area contributed by atoms with E-state index in [1.807, 2.05) is 6.07 Å². The number of aryl methyl sites for hydroxylation is 1. The van der Waals surface area contributed by atoms with Crippen LogP contribution in [0.4, 0.5) is 0 Å². The molecule has 0 radical (unpaired) electrons. The third-order valence-corrected chi connectivity index (χ3v) is 3.22. The van der Waals surface area contributed by atoms with Gasteiger partial charge in [0.15, 0.2) is 6.29 Å². The summed E-state index contributed by atoms with van der Waals surface area (Å²) in [6.45, 7) is 2.23. The van der Waals surface area contributed by atoms with Crippen LogP contribution in [0, 0.1) is 0 Å². The number of carbonyl (C=O) groups is 1. The van der Waals surface area contributed by atoms with Gasteiger partial charge >= 0.3 is 0 Å². The minimum atomic E-state index is 0.748. The lowest BCUT2D eigenvalue weighted by Gasteiger charge is -2.01. The molecule has 1 aromatic carbocycles. The first-order valence-corrected chi connectivity index (χ1v) is 6.40. The monoisotopic (exact) mass is 229 g/mol. The summed E-state index contributed by atoms with van der Waals surface area (Å²) in [5, 5.41) is 1.03. The fraction of sp³-hybridized carbons (Fsp3) is 0.400. The van der Waals surface area contributed by atoms with Crippen molar-refractivity contribution in [3.8, 4) is 0 Å². The molecule has 1 aromatic heterocycles. The van der Waals surface area contributed by atoms with Gasteiger partial charge in [0.1, 0.15) is 0 Å². The Kier molecular flexibility index (Phi) is 3.97. The van der Waals surface area contributed by atoms with E-state index in [9.17, 15) is 4.79 Å². The number of aromatic nitrogens is 1. The van der Waals surface area contributed by atoms with Crippen LogP contribution in [0.15, 0.2) is 24.4 Å². The summed E-state index contributed by atoms with van der Waals surface area (Å²) >= 11 is 0. The lowest BCUT2D eigenvalue weighted by atomic mass is 10.0. The SMILES string of the molecule is CCCCCCc1ccc2c(C=O)c[nH]c2c1. The molecule has 90 valence electrons. The van der Waals surface area contributed by atoms with Crippen molar-refractivity contribution in [3.63, 3.8) is 0 Å². The zero-order chi connectivity index (χ0) is 12.1. The van der Waals surface area contributed by atoms with Crippen LogP contribution in [0.5, 0.6) is 0 Å². The van der Waals surface area contributed by atoms with Crippen molar-refractivity contribution in [1.29, 1.82) is 0 Å². The lowest BCUT2D eigenvalue weighted by Crippen LogP contribution is -1.86. The van der Waals surface area contributed by atoms with E-state index in [2.05, 4.69) is 24.0 Å². The molecule has 2 rings (SSSR count). The van der Waals surface area contributed by atoms with E-state index in [0.29, 0.717) is 0 Å². The van der Waals surface area contributed by atoms with E-state index in [0.717, 1.165) is 29.2 Å². The number of aldehydes is 1. The highest BCUT2D eigenvalue weighted by Gasteiger charge is 2.03. The Labute approximate surface area is 102 Å². The normalized spacial score (nSPS) is 10.9. The predicted octanol–water partition coefficient (Wildman–Crippen LogP) is 4.10. The molecule has 0 atom stereocenters. The van der Waals surface area contributed by atoms with Crippen molar-refractivity contribution in [2.45, 2.75) is 39.0 Å². The van der Waals surface area contributed by atoms with Crippen LogP contribution in [0.3, 0.4) is 0 Å². The maximum atomic E-state index is 10.8. The van der Waals surface area contributed by atoms with Crippen molar-refractivity contribution in [3.05, 3.63) is 35.5 Å². The fourth-order valence-electron chi connectivity index (χ4n) is 2.20. The molecule has 2 aromatic rings. The second kappa shape index (κ2) is 5.67. The maximum Gasteiger partial charge on any atom is 0.152 e. The van der Waals surface area contributed by atoms with Crippen LogP contribution in [0.25, 0.3) is 10.9 Å². The first-order chi connectivity index (χ1) is 8.35. The third-order valence-electron chi connectivity index (χ3n) is 3.22. The van der Waals surface area contributed by atoms with Crippen molar-refractivity contribution < 1.29 is 4.79 Å². The molecule has 0 saturated carbocycles. The van der Waals surface area contributed by atoms with Crippen molar-refractivity contribution >= 4 is 17.2 Å². The second-order valence-corrected chi connectivity index (χ2v) is 4.55. The Hall–Kier alpha value is -1.57. The number of fused-ring (bicyclic) bond motifs is 1. The van der Waals surface area contributed by atoms with Gasteiger partial charge in [-0.25, -0.2) is 0 Å². The molecule has 0 unspecified atom stereocenters. The molecule has 0 aliphatic rings. The number of hydrogen-bond donors (Lipinski definition) is 1. The zero-order valence-corrected chi connectivity index (χ0v) is 10.3. The quantitative estimate of drug-likeness (QED) is 0.587. The smallest absolute Gasteiger partial charge is 0.152 e. The summed E-state index contributed by atoms with van der Waals surface area (Å²) < 4.78 is 0. The number of rotatable bonds is 6. The van der Waals surface area contributed by atoms with Gasteiger partial charge in [0.2, 0.25) is 0 Å². The molecule has 1 N–H and O–H groups in total. The molecule has 0 bridgehead atoms. The van der Waals surface area contributed by atoms with E-state index in [1.54, 1.807) is 6.20 Å². The van der Waals surface area contributed by atoms with Crippen LogP contribution in [0.2, 0.25) is 0 Å². The highest BCUT2D eigenvalue weighted by atomic mass is 16.1. The zero-order valence-electron chi connectivity index (χ0n) is 10.3. The average molecular weight is 229 g/mol. The summed E-state index contributed by atoms with van der Waals surface area (Å²) in [7, 11) is 0. The summed E-state index contributed by atoms with van der Waals surface area (Å²) in [6.07, 6.45) is 8.96. The van der Waals surface area contributed by atoms with Gasteiger partial charge < -0.3 is 4.98 Å². The van der Waals surface area contributed by atoms with Gasteiger partial charge in [-0.3, -0.25) is 4.79 Å². The summed E-state index contributed by atoms with van der Waals surface area (Å²) in [6, 6.07) is 6.34. The molecule has 0 saturated heterocycles. The Balaban J connectivity index is 2.07. The van der Waals surface area contributed by atoms with E-state index >= 15 is 0 Å². The van der Waals surface area contributed by atoms with Crippen molar-refractivity contribution in [2.75, 3.05) is 0 Å². The van der Waals surface area contributed by atoms with E-state index in [-0.39, 0.29) is 0 Å². The van der Waals surface area contributed by atoms with Crippen LogP contribution >= 0.6 is 0 Å². The minimum absolute atomic E-state index is 0.748. The van der Waals surface area contributed by atoms with Gasteiger partial charge in [0, 0.05) is 22.7 Å². The van der Waals surface area contributed by atoms with Gasteiger partial charge in [-0.1, -0.05) is 38.3 Å². The Bertz CT molecular complexity index is 499. The molecule has 0 aliphatic carbocycles. The molecule has 0 aliphatic heterocycles. The van der Waals surface area contributed by atoms with Crippen LogP contribution in [-0.4, -0.2) is 11.3 Å². The molecule has 0 fully saturated rings. The molecule has 2 nitrogen and oxygen atoms in total. The number of carbonyl (C=O) groups excluding carboxylic acids is 1. The summed E-state index contributed by atoms with van der Waals surface area (Å²) in [5.74, 6) is 0. The first-order valence-electron chi connectivity index (χ1n) is 6.40. The maximum absolute atomic E-state index is 10.8. The van der Waals surface area contributed by atoms with Crippen LogP contribution in [0.1, 0.15) is 48.5 Å².